The van der Waals surface area contributed by atoms with E-state index < -0.39 is 17.2 Å². The Kier molecular flexibility index (Phi) is 5.71. The van der Waals surface area contributed by atoms with E-state index in [-0.39, 0.29) is 30.1 Å². The molecule has 2 aromatic carbocycles. The van der Waals surface area contributed by atoms with Gasteiger partial charge in [0, 0.05) is 35.9 Å². The van der Waals surface area contributed by atoms with E-state index in [1.54, 1.807) is 42.2 Å². The zero-order chi connectivity index (χ0) is 23.0. The van der Waals surface area contributed by atoms with Crippen LogP contribution in [0.1, 0.15) is 34.1 Å². The predicted molar refractivity (Wildman–Crippen MR) is 120 cm³/mol. The molecule has 0 aliphatic carbocycles. The van der Waals surface area contributed by atoms with E-state index in [1.807, 2.05) is 6.07 Å². The fourth-order valence-electron chi connectivity index (χ4n) is 4.33. The second-order valence-electron chi connectivity index (χ2n) is 8.15. The number of carbonyl (C=O) groups is 1. The number of hydrogen-bond acceptors (Lipinski definition) is 6. The van der Waals surface area contributed by atoms with E-state index in [4.69, 9.17) is 9.73 Å². The van der Waals surface area contributed by atoms with Crippen LogP contribution in [-0.4, -0.2) is 38.4 Å². The van der Waals surface area contributed by atoms with Crippen molar-refractivity contribution >= 4 is 22.8 Å². The first-order valence-corrected chi connectivity index (χ1v) is 11.5. The highest BCUT2D eigenvalue weighted by Gasteiger charge is 2.50. The molecule has 1 saturated heterocycles. The highest BCUT2D eigenvalue weighted by Crippen LogP contribution is 2.49. The summed E-state index contributed by atoms with van der Waals surface area (Å²) in [6.07, 6.45) is 2.02. The summed E-state index contributed by atoms with van der Waals surface area (Å²) in [5, 5.41) is 11.3. The van der Waals surface area contributed by atoms with Gasteiger partial charge in [0.05, 0.1) is 12.8 Å². The summed E-state index contributed by atoms with van der Waals surface area (Å²) >= 11 is 1.40. The Balaban J connectivity index is 1.50. The Morgan fingerprint density at radius 2 is 2.06 bits per heavy atom. The van der Waals surface area contributed by atoms with Crippen molar-refractivity contribution in [3.63, 3.8) is 0 Å². The molecule has 10 heteroatoms. The lowest BCUT2D eigenvalue weighted by molar-refractivity contribution is -0.0607. The van der Waals surface area contributed by atoms with Crippen molar-refractivity contribution < 1.29 is 18.3 Å². The molecule has 3 atom stereocenters. The smallest absolute Gasteiger partial charge is 0.257 e. The maximum atomic E-state index is 15.0. The van der Waals surface area contributed by atoms with Crippen LogP contribution in [0.4, 0.5) is 8.78 Å². The van der Waals surface area contributed by atoms with Gasteiger partial charge in [0.1, 0.15) is 29.0 Å². The van der Waals surface area contributed by atoms with Gasteiger partial charge >= 0.3 is 0 Å². The number of nitrogens with zero attached hydrogens (tertiary/aromatic N) is 4. The SMILES string of the molecule is Cn1cc(C2CC3CSC(NC(=O)c4ccccc4)=NC3(c3ccc(F)cc3F)CO2)nn1. The molecular weight excluding hydrogens is 448 g/mol. The van der Waals surface area contributed by atoms with E-state index in [0.29, 0.717) is 28.6 Å². The molecule has 1 fully saturated rings. The summed E-state index contributed by atoms with van der Waals surface area (Å²) in [4.78, 5) is 17.5. The molecule has 33 heavy (non-hydrogen) atoms. The van der Waals surface area contributed by atoms with Crippen molar-refractivity contribution in [2.75, 3.05) is 12.4 Å². The molecule has 1 amide bonds. The Bertz CT molecular complexity index is 1220. The van der Waals surface area contributed by atoms with Crippen LogP contribution < -0.4 is 5.32 Å². The van der Waals surface area contributed by atoms with Crippen molar-refractivity contribution in [1.29, 1.82) is 0 Å². The van der Waals surface area contributed by atoms with Gasteiger partial charge in [0.25, 0.3) is 5.91 Å². The average molecular weight is 470 g/mol. The van der Waals surface area contributed by atoms with Gasteiger partial charge in [-0.3, -0.25) is 9.48 Å². The van der Waals surface area contributed by atoms with E-state index in [9.17, 15) is 13.6 Å². The van der Waals surface area contributed by atoms with Crippen LogP contribution in [0.15, 0.2) is 59.7 Å². The van der Waals surface area contributed by atoms with Crippen LogP contribution in [0.2, 0.25) is 0 Å². The molecule has 7 nitrogen and oxygen atoms in total. The molecule has 2 aliphatic rings. The summed E-state index contributed by atoms with van der Waals surface area (Å²) in [5.41, 5.74) is 0.342. The third-order valence-electron chi connectivity index (χ3n) is 6.01. The Labute approximate surface area is 193 Å². The van der Waals surface area contributed by atoms with Gasteiger partial charge in [-0.1, -0.05) is 41.2 Å². The number of thioether (sulfide) groups is 1. The summed E-state index contributed by atoms with van der Waals surface area (Å²) < 4.78 is 36.4. The van der Waals surface area contributed by atoms with Crippen LogP contribution in [0.25, 0.3) is 0 Å². The number of aromatic nitrogens is 3. The van der Waals surface area contributed by atoms with E-state index in [1.165, 1.54) is 23.9 Å². The van der Waals surface area contributed by atoms with Gasteiger partial charge in [0.2, 0.25) is 0 Å². The summed E-state index contributed by atoms with van der Waals surface area (Å²) in [6.45, 7) is 0.0622. The molecule has 0 saturated carbocycles. The quantitative estimate of drug-likeness (QED) is 0.634. The first-order valence-electron chi connectivity index (χ1n) is 10.5. The van der Waals surface area contributed by atoms with Crippen molar-refractivity contribution in [1.82, 2.24) is 20.3 Å². The number of hydrogen-bond donors (Lipinski definition) is 1. The molecule has 3 unspecified atom stereocenters. The summed E-state index contributed by atoms with van der Waals surface area (Å²) in [7, 11) is 1.78. The minimum Gasteiger partial charge on any atom is -0.369 e. The number of nitrogens with one attached hydrogen (secondary N) is 1. The van der Waals surface area contributed by atoms with Crippen LogP contribution in [0, 0.1) is 17.6 Å². The molecular formula is C23H21F2N5O2S. The van der Waals surface area contributed by atoms with Gasteiger partial charge in [-0.2, -0.15) is 0 Å². The topological polar surface area (TPSA) is 81.4 Å². The van der Waals surface area contributed by atoms with Crippen LogP contribution in [0.5, 0.6) is 0 Å². The molecule has 0 spiro atoms. The number of rotatable bonds is 3. The summed E-state index contributed by atoms with van der Waals surface area (Å²) in [6, 6.07) is 12.3. The number of aliphatic imine (C=N–C) groups is 1. The third kappa shape index (κ3) is 4.16. The Hall–Kier alpha value is -3.11. The maximum absolute atomic E-state index is 15.0. The van der Waals surface area contributed by atoms with Gasteiger partial charge in [-0.05, 0) is 24.6 Å². The minimum atomic E-state index is -1.10. The first kappa shape index (κ1) is 21.7. The molecule has 0 bridgehead atoms. The Morgan fingerprint density at radius 3 is 2.79 bits per heavy atom. The van der Waals surface area contributed by atoms with Gasteiger partial charge in [-0.15, -0.1) is 5.10 Å². The molecule has 1 aromatic heterocycles. The number of amidine groups is 1. The molecule has 170 valence electrons. The number of amides is 1. The first-order chi connectivity index (χ1) is 15.9. The lowest BCUT2D eigenvalue weighted by Crippen LogP contribution is -2.49. The number of halogens is 2. The van der Waals surface area contributed by atoms with E-state index in [2.05, 4.69) is 15.6 Å². The third-order valence-corrected chi connectivity index (χ3v) is 7.04. The van der Waals surface area contributed by atoms with Crippen molar-refractivity contribution in [3.05, 3.63) is 83.2 Å². The number of benzene rings is 2. The largest absolute Gasteiger partial charge is 0.369 e. The van der Waals surface area contributed by atoms with E-state index >= 15 is 0 Å². The lowest BCUT2D eigenvalue weighted by atomic mass is 9.74. The molecule has 3 aromatic rings. The van der Waals surface area contributed by atoms with Crippen LogP contribution in [0.3, 0.4) is 0 Å². The lowest BCUT2D eigenvalue weighted by Gasteiger charge is -2.46. The summed E-state index contributed by atoms with van der Waals surface area (Å²) in [5.74, 6) is -1.20. The van der Waals surface area contributed by atoms with E-state index in [0.717, 1.165) is 6.07 Å². The van der Waals surface area contributed by atoms with Crippen LogP contribution >= 0.6 is 11.8 Å². The second kappa shape index (κ2) is 8.68. The van der Waals surface area contributed by atoms with Crippen LogP contribution in [-0.2, 0) is 17.3 Å². The predicted octanol–water partition coefficient (Wildman–Crippen LogP) is 3.60. The minimum absolute atomic E-state index is 0.0622. The highest BCUT2D eigenvalue weighted by atomic mass is 32.2. The molecule has 5 rings (SSSR count). The molecule has 0 radical (unpaired) electrons. The number of ether oxygens (including phenoxy) is 1. The molecule has 3 heterocycles. The monoisotopic (exact) mass is 469 g/mol. The fourth-order valence-corrected chi connectivity index (χ4v) is 5.49. The normalized spacial score (nSPS) is 24.6. The standard InChI is InChI=1S/C23H21F2N5O2S/c1-30-11-19(28-29-30)20-9-15-12-33-22(26-21(31)14-5-3-2-4-6-14)27-23(15,13-32-20)17-8-7-16(24)10-18(17)25/h2-8,10-11,15,20H,9,12-13H2,1H3,(H,26,27,31). The maximum Gasteiger partial charge on any atom is 0.257 e. The molecule has 1 N–H and O–H groups in total. The zero-order valence-corrected chi connectivity index (χ0v) is 18.6. The van der Waals surface area contributed by atoms with Crippen molar-refractivity contribution in [3.8, 4) is 0 Å². The fraction of sp³-hybridized carbons (Fsp3) is 0.304. The van der Waals surface area contributed by atoms with Gasteiger partial charge in [-0.25, -0.2) is 13.8 Å². The number of fused-ring (bicyclic) bond motifs is 1. The zero-order valence-electron chi connectivity index (χ0n) is 17.7. The van der Waals surface area contributed by atoms with Gasteiger partial charge in [0.15, 0.2) is 5.17 Å². The second-order valence-corrected chi connectivity index (χ2v) is 9.15. The van der Waals surface area contributed by atoms with Crippen molar-refractivity contribution in [2.24, 2.45) is 18.0 Å². The Morgan fingerprint density at radius 1 is 1.24 bits per heavy atom. The van der Waals surface area contributed by atoms with Gasteiger partial charge < -0.3 is 10.1 Å². The number of carbonyl (C=O) groups excluding carboxylic acids is 1. The average Bonchev–Trinajstić information content (AvgIpc) is 3.25. The number of aryl methyl sites for hydroxylation is 1. The molecule has 2 aliphatic heterocycles. The highest BCUT2D eigenvalue weighted by molar-refractivity contribution is 8.13. The van der Waals surface area contributed by atoms with Crippen molar-refractivity contribution in [2.45, 2.75) is 18.1 Å².